The first-order chi connectivity index (χ1) is 17.2. The predicted molar refractivity (Wildman–Crippen MR) is 129 cm³/mol. The number of carbonyl (C=O) groups excluding carboxylic acids is 2. The monoisotopic (exact) mass is 472 g/mol. The van der Waals surface area contributed by atoms with Crippen molar-refractivity contribution in [2.45, 2.75) is 31.3 Å². The van der Waals surface area contributed by atoms with Gasteiger partial charge in [-0.1, -0.05) is 24.3 Å². The summed E-state index contributed by atoms with van der Waals surface area (Å²) in [7, 11) is 0. The molecule has 2 fully saturated rings. The van der Waals surface area contributed by atoms with Gasteiger partial charge in [-0.3, -0.25) is 9.59 Å². The van der Waals surface area contributed by atoms with Crippen LogP contribution in [-0.4, -0.2) is 65.6 Å². The third kappa shape index (κ3) is 3.31. The first kappa shape index (κ1) is 20.8. The Morgan fingerprint density at radius 1 is 1.00 bits per heavy atom. The molecule has 4 aliphatic rings. The van der Waals surface area contributed by atoms with Crippen LogP contribution in [-0.2, 0) is 16.0 Å². The Kier molecular flexibility index (Phi) is 4.77. The quantitative estimate of drug-likeness (QED) is 0.612. The molecular formula is C27H28N4O4. The number of piperidine rings is 1. The molecule has 2 amide bonds. The third-order valence-electron chi connectivity index (χ3n) is 7.99. The average molecular weight is 473 g/mol. The summed E-state index contributed by atoms with van der Waals surface area (Å²) in [5, 5.41) is 4.50. The Labute approximate surface area is 203 Å². The van der Waals surface area contributed by atoms with Gasteiger partial charge in [-0.15, -0.1) is 0 Å². The van der Waals surface area contributed by atoms with Gasteiger partial charge >= 0.3 is 0 Å². The number of nitrogens with one attached hydrogen (secondary N) is 2. The molecule has 2 unspecified atom stereocenters. The number of ether oxygens (including phenoxy) is 2. The summed E-state index contributed by atoms with van der Waals surface area (Å²) >= 11 is 0. The van der Waals surface area contributed by atoms with Crippen molar-refractivity contribution in [1.82, 2.24) is 20.1 Å². The number of H-pyrrole nitrogens is 1. The van der Waals surface area contributed by atoms with E-state index in [0.717, 1.165) is 53.7 Å². The third-order valence-corrected chi connectivity index (χ3v) is 7.99. The Morgan fingerprint density at radius 2 is 1.83 bits per heavy atom. The van der Waals surface area contributed by atoms with Gasteiger partial charge in [0.25, 0.3) is 0 Å². The molecule has 35 heavy (non-hydrogen) atoms. The highest BCUT2D eigenvalue weighted by Gasteiger charge is 2.48. The summed E-state index contributed by atoms with van der Waals surface area (Å²) < 4.78 is 11.2. The number of fused-ring (bicyclic) bond motifs is 5. The van der Waals surface area contributed by atoms with E-state index in [-0.39, 0.29) is 31.2 Å². The number of para-hydroxylation sites is 1. The number of aromatic amines is 1. The van der Waals surface area contributed by atoms with Gasteiger partial charge in [0.15, 0.2) is 11.5 Å². The van der Waals surface area contributed by atoms with Crippen molar-refractivity contribution >= 4 is 22.7 Å². The molecular weight excluding hydrogens is 444 g/mol. The number of nitrogens with zero attached hydrogens (tertiary/aromatic N) is 2. The van der Waals surface area contributed by atoms with Crippen LogP contribution in [0.25, 0.3) is 10.9 Å². The molecule has 0 radical (unpaired) electrons. The fourth-order valence-corrected chi connectivity index (χ4v) is 6.28. The second kappa shape index (κ2) is 8.02. The normalized spacial score (nSPS) is 24.1. The zero-order chi connectivity index (χ0) is 23.5. The molecule has 2 N–H and O–H groups in total. The van der Waals surface area contributed by atoms with Crippen LogP contribution in [0.5, 0.6) is 11.5 Å². The number of carbonyl (C=O) groups is 2. The first-order valence-corrected chi connectivity index (χ1v) is 12.5. The number of rotatable bonds is 3. The number of amides is 2. The van der Waals surface area contributed by atoms with E-state index in [1.807, 2.05) is 40.1 Å². The van der Waals surface area contributed by atoms with Crippen LogP contribution in [0.4, 0.5) is 0 Å². The molecule has 0 spiro atoms. The standard InChI is InChI=1S/C27H28N4O4/c32-24-14-30(13-16-7-9-28-10-8-16)27(33)21-12-19-18-3-1-2-4-20(18)29-25(19)26(31(21)24)17-5-6-22-23(11-17)35-15-34-22/h1-6,11,16,21,26,28-29H,7-10,12-15H2. The molecule has 0 bridgehead atoms. The lowest BCUT2D eigenvalue weighted by Gasteiger charge is -2.47. The highest BCUT2D eigenvalue weighted by atomic mass is 16.7. The molecule has 0 aliphatic carbocycles. The zero-order valence-corrected chi connectivity index (χ0v) is 19.5. The lowest BCUT2D eigenvalue weighted by atomic mass is 9.85. The topological polar surface area (TPSA) is 86.9 Å². The minimum atomic E-state index is -0.514. The first-order valence-electron chi connectivity index (χ1n) is 12.5. The maximum atomic E-state index is 13.9. The van der Waals surface area contributed by atoms with Crippen molar-refractivity contribution in [1.29, 1.82) is 0 Å². The van der Waals surface area contributed by atoms with Crippen LogP contribution in [0.15, 0.2) is 42.5 Å². The van der Waals surface area contributed by atoms with Gasteiger partial charge in [0.1, 0.15) is 6.04 Å². The van der Waals surface area contributed by atoms with Crippen LogP contribution >= 0.6 is 0 Å². The SMILES string of the molecule is O=C1C2Cc3c([nH]c4ccccc34)C(c3ccc4c(c3)OCO4)N2C(=O)CN1CC1CCNCC1. The second-order valence-corrected chi connectivity index (χ2v) is 10.0. The minimum Gasteiger partial charge on any atom is -0.454 e. The highest BCUT2D eigenvalue weighted by molar-refractivity contribution is 5.97. The van der Waals surface area contributed by atoms with Gasteiger partial charge in [-0.05, 0) is 61.2 Å². The van der Waals surface area contributed by atoms with Gasteiger partial charge in [0.05, 0.1) is 12.6 Å². The second-order valence-electron chi connectivity index (χ2n) is 10.0. The maximum absolute atomic E-state index is 13.9. The molecule has 2 atom stereocenters. The van der Waals surface area contributed by atoms with Crippen molar-refractivity contribution in [3.63, 3.8) is 0 Å². The number of hydrogen-bond donors (Lipinski definition) is 2. The van der Waals surface area contributed by atoms with E-state index < -0.39 is 6.04 Å². The molecule has 8 heteroatoms. The molecule has 1 aromatic heterocycles. The Morgan fingerprint density at radius 3 is 2.71 bits per heavy atom. The van der Waals surface area contributed by atoms with E-state index in [1.165, 1.54) is 0 Å². The van der Waals surface area contributed by atoms with Crippen LogP contribution in [0, 0.1) is 5.92 Å². The van der Waals surface area contributed by atoms with Crippen molar-refractivity contribution in [2.75, 3.05) is 33.0 Å². The Balaban J connectivity index is 1.32. The summed E-state index contributed by atoms with van der Waals surface area (Å²) in [5.41, 5.74) is 4.04. The summed E-state index contributed by atoms with van der Waals surface area (Å²) in [5.74, 6) is 1.87. The smallest absolute Gasteiger partial charge is 0.246 e. The van der Waals surface area contributed by atoms with E-state index in [1.54, 1.807) is 0 Å². The molecule has 2 saturated heterocycles. The van der Waals surface area contributed by atoms with Crippen molar-refractivity contribution in [3.8, 4) is 11.5 Å². The van der Waals surface area contributed by atoms with E-state index in [0.29, 0.717) is 30.4 Å². The molecule has 5 heterocycles. The Bertz CT molecular complexity index is 1330. The number of benzene rings is 2. The highest BCUT2D eigenvalue weighted by Crippen LogP contribution is 2.45. The van der Waals surface area contributed by atoms with E-state index in [4.69, 9.17) is 9.47 Å². The largest absolute Gasteiger partial charge is 0.454 e. The molecule has 3 aromatic rings. The van der Waals surface area contributed by atoms with Crippen LogP contribution in [0.3, 0.4) is 0 Å². The number of aromatic nitrogens is 1. The summed E-state index contributed by atoms with van der Waals surface area (Å²) in [4.78, 5) is 34.8. The van der Waals surface area contributed by atoms with E-state index in [9.17, 15) is 9.59 Å². The predicted octanol–water partition coefficient (Wildman–Crippen LogP) is 2.58. The molecule has 8 nitrogen and oxygen atoms in total. The fourth-order valence-electron chi connectivity index (χ4n) is 6.28. The maximum Gasteiger partial charge on any atom is 0.246 e. The van der Waals surface area contributed by atoms with Gasteiger partial charge in [0.2, 0.25) is 18.6 Å². The lowest BCUT2D eigenvalue weighted by Crippen LogP contribution is -2.63. The number of hydrogen-bond acceptors (Lipinski definition) is 5. The fraction of sp³-hybridized carbons (Fsp3) is 0.407. The van der Waals surface area contributed by atoms with E-state index in [2.05, 4.69) is 22.4 Å². The summed E-state index contributed by atoms with van der Waals surface area (Å²) in [6, 6.07) is 13.1. The molecule has 180 valence electrons. The van der Waals surface area contributed by atoms with E-state index >= 15 is 0 Å². The minimum absolute atomic E-state index is 0.00416. The van der Waals surface area contributed by atoms with Gasteiger partial charge < -0.3 is 29.6 Å². The zero-order valence-electron chi connectivity index (χ0n) is 19.5. The molecule has 7 rings (SSSR count). The van der Waals surface area contributed by atoms with Crippen molar-refractivity contribution in [3.05, 3.63) is 59.3 Å². The summed E-state index contributed by atoms with van der Waals surface area (Å²) in [6.45, 7) is 2.93. The average Bonchev–Trinajstić information content (AvgIpc) is 3.50. The number of piperazine rings is 1. The lowest BCUT2D eigenvalue weighted by molar-refractivity contribution is -0.159. The molecule has 4 aliphatic heterocycles. The Hall–Kier alpha value is -3.52. The van der Waals surface area contributed by atoms with Crippen LogP contribution in [0.1, 0.15) is 35.7 Å². The summed E-state index contributed by atoms with van der Waals surface area (Å²) in [6.07, 6.45) is 2.60. The molecule has 2 aromatic carbocycles. The van der Waals surface area contributed by atoms with Crippen LogP contribution in [0.2, 0.25) is 0 Å². The van der Waals surface area contributed by atoms with Crippen molar-refractivity contribution < 1.29 is 19.1 Å². The van der Waals surface area contributed by atoms with Gasteiger partial charge in [-0.25, -0.2) is 0 Å². The van der Waals surface area contributed by atoms with Gasteiger partial charge in [0, 0.05) is 29.6 Å². The molecule has 0 saturated carbocycles. The van der Waals surface area contributed by atoms with Crippen molar-refractivity contribution in [2.24, 2.45) is 5.92 Å². The van der Waals surface area contributed by atoms with Gasteiger partial charge in [-0.2, -0.15) is 0 Å². The van der Waals surface area contributed by atoms with Crippen LogP contribution < -0.4 is 14.8 Å².